The standard InChI is InChI=1S/C15H13F2NO2/c1-9(10-2-4-11(16)5-3-10)18-12-6-7-14(17)13(8-12)15(19)20/h2-9,18H,1H3,(H,19,20). The Hall–Kier alpha value is -2.43. The molecule has 0 bridgehead atoms. The largest absolute Gasteiger partial charge is 0.478 e. The lowest BCUT2D eigenvalue weighted by atomic mass is 10.1. The number of benzene rings is 2. The molecule has 0 aliphatic rings. The topological polar surface area (TPSA) is 49.3 Å². The van der Waals surface area contributed by atoms with E-state index in [9.17, 15) is 13.6 Å². The predicted octanol–water partition coefficient (Wildman–Crippen LogP) is 3.84. The number of anilines is 1. The van der Waals surface area contributed by atoms with E-state index in [1.807, 2.05) is 6.92 Å². The van der Waals surface area contributed by atoms with Crippen molar-refractivity contribution < 1.29 is 18.7 Å². The minimum absolute atomic E-state index is 0.164. The quantitative estimate of drug-likeness (QED) is 0.892. The van der Waals surface area contributed by atoms with Crippen LogP contribution in [0.4, 0.5) is 14.5 Å². The monoisotopic (exact) mass is 277 g/mol. The van der Waals surface area contributed by atoms with Crippen LogP contribution in [-0.4, -0.2) is 11.1 Å². The van der Waals surface area contributed by atoms with E-state index in [4.69, 9.17) is 5.11 Å². The molecule has 0 fully saturated rings. The van der Waals surface area contributed by atoms with E-state index in [0.29, 0.717) is 5.69 Å². The van der Waals surface area contributed by atoms with E-state index in [1.165, 1.54) is 24.3 Å². The van der Waals surface area contributed by atoms with Gasteiger partial charge in [0.15, 0.2) is 0 Å². The van der Waals surface area contributed by atoms with Crippen LogP contribution < -0.4 is 5.32 Å². The Morgan fingerprint density at radius 2 is 1.80 bits per heavy atom. The number of nitrogens with one attached hydrogen (secondary N) is 1. The van der Waals surface area contributed by atoms with Crippen molar-refractivity contribution in [2.24, 2.45) is 0 Å². The second-order valence-electron chi connectivity index (χ2n) is 4.42. The highest BCUT2D eigenvalue weighted by molar-refractivity contribution is 5.89. The molecule has 0 heterocycles. The van der Waals surface area contributed by atoms with E-state index < -0.39 is 11.8 Å². The van der Waals surface area contributed by atoms with E-state index >= 15 is 0 Å². The lowest BCUT2D eigenvalue weighted by Crippen LogP contribution is -2.08. The summed E-state index contributed by atoms with van der Waals surface area (Å²) in [6, 6.07) is 9.59. The highest BCUT2D eigenvalue weighted by Gasteiger charge is 2.12. The third-order valence-corrected chi connectivity index (χ3v) is 2.95. The van der Waals surface area contributed by atoms with Crippen LogP contribution in [0.25, 0.3) is 0 Å². The van der Waals surface area contributed by atoms with Gasteiger partial charge in [-0.25, -0.2) is 13.6 Å². The van der Waals surface area contributed by atoms with E-state index in [2.05, 4.69) is 5.32 Å². The third-order valence-electron chi connectivity index (χ3n) is 2.95. The molecule has 2 rings (SSSR count). The van der Waals surface area contributed by atoms with Gasteiger partial charge in [0, 0.05) is 11.7 Å². The Morgan fingerprint density at radius 3 is 2.40 bits per heavy atom. The minimum atomic E-state index is -1.32. The number of hydrogen-bond acceptors (Lipinski definition) is 2. The molecular formula is C15H13F2NO2. The van der Waals surface area contributed by atoms with E-state index in [-0.39, 0.29) is 17.4 Å². The molecule has 3 nitrogen and oxygen atoms in total. The number of rotatable bonds is 4. The molecule has 0 aromatic heterocycles. The summed E-state index contributed by atoms with van der Waals surface area (Å²) in [6.45, 7) is 1.84. The van der Waals surface area contributed by atoms with Crippen LogP contribution in [0.15, 0.2) is 42.5 Å². The van der Waals surface area contributed by atoms with Gasteiger partial charge in [0.25, 0.3) is 0 Å². The second kappa shape index (κ2) is 5.69. The maximum Gasteiger partial charge on any atom is 0.338 e. The first-order chi connectivity index (χ1) is 9.47. The molecule has 0 aliphatic heterocycles. The Morgan fingerprint density at radius 1 is 1.15 bits per heavy atom. The van der Waals surface area contributed by atoms with Crippen LogP contribution in [-0.2, 0) is 0 Å². The molecular weight excluding hydrogens is 264 g/mol. The van der Waals surface area contributed by atoms with Gasteiger partial charge in [-0.2, -0.15) is 0 Å². The summed E-state index contributed by atoms with van der Waals surface area (Å²) in [5.41, 5.74) is 0.939. The van der Waals surface area contributed by atoms with Crippen molar-refractivity contribution in [1.29, 1.82) is 0 Å². The molecule has 0 saturated heterocycles. The molecule has 1 unspecified atom stereocenters. The highest BCUT2D eigenvalue weighted by atomic mass is 19.1. The van der Waals surface area contributed by atoms with Gasteiger partial charge in [-0.15, -0.1) is 0 Å². The normalized spacial score (nSPS) is 11.9. The van der Waals surface area contributed by atoms with Crippen molar-refractivity contribution in [1.82, 2.24) is 0 Å². The van der Waals surface area contributed by atoms with Gasteiger partial charge in [0.05, 0.1) is 5.56 Å². The summed E-state index contributed by atoms with van der Waals surface area (Å²) < 4.78 is 26.1. The predicted molar refractivity (Wildman–Crippen MR) is 71.8 cm³/mol. The van der Waals surface area contributed by atoms with Crippen molar-refractivity contribution in [2.45, 2.75) is 13.0 Å². The second-order valence-corrected chi connectivity index (χ2v) is 4.42. The molecule has 1 atom stereocenters. The number of halogens is 2. The van der Waals surface area contributed by atoms with Crippen LogP contribution >= 0.6 is 0 Å². The molecule has 0 spiro atoms. The smallest absolute Gasteiger partial charge is 0.338 e. The zero-order chi connectivity index (χ0) is 14.7. The molecule has 20 heavy (non-hydrogen) atoms. The lowest BCUT2D eigenvalue weighted by Gasteiger charge is -2.16. The molecule has 2 aromatic rings. The van der Waals surface area contributed by atoms with Gasteiger partial charge >= 0.3 is 5.97 Å². The summed E-state index contributed by atoms with van der Waals surface area (Å²) in [5.74, 6) is -2.42. The number of aromatic carboxylic acids is 1. The van der Waals surface area contributed by atoms with Gasteiger partial charge in [-0.1, -0.05) is 12.1 Å². The lowest BCUT2D eigenvalue weighted by molar-refractivity contribution is 0.0692. The number of hydrogen-bond donors (Lipinski definition) is 2. The van der Waals surface area contributed by atoms with Gasteiger partial charge in [0.1, 0.15) is 11.6 Å². The zero-order valence-corrected chi connectivity index (χ0v) is 10.7. The maximum absolute atomic E-state index is 13.3. The van der Waals surface area contributed by atoms with Crippen LogP contribution in [0, 0.1) is 11.6 Å². The van der Waals surface area contributed by atoms with Gasteiger partial charge < -0.3 is 10.4 Å². The van der Waals surface area contributed by atoms with E-state index in [0.717, 1.165) is 11.6 Å². The van der Waals surface area contributed by atoms with Gasteiger partial charge in [0.2, 0.25) is 0 Å². The molecule has 2 aromatic carbocycles. The fourth-order valence-corrected chi connectivity index (χ4v) is 1.86. The summed E-state index contributed by atoms with van der Waals surface area (Å²) in [5, 5.41) is 11.9. The fourth-order valence-electron chi connectivity index (χ4n) is 1.86. The SMILES string of the molecule is CC(Nc1ccc(F)c(C(=O)O)c1)c1ccc(F)cc1. The number of carbonyl (C=O) groups is 1. The minimum Gasteiger partial charge on any atom is -0.478 e. The molecule has 0 saturated carbocycles. The van der Waals surface area contributed by atoms with Crippen LogP contribution in [0.2, 0.25) is 0 Å². The zero-order valence-electron chi connectivity index (χ0n) is 10.7. The molecule has 0 radical (unpaired) electrons. The van der Waals surface area contributed by atoms with Crippen LogP contribution in [0.1, 0.15) is 28.9 Å². The highest BCUT2D eigenvalue weighted by Crippen LogP contribution is 2.21. The maximum atomic E-state index is 13.3. The Labute approximate surface area is 114 Å². The molecule has 0 aliphatic carbocycles. The average Bonchev–Trinajstić information content (AvgIpc) is 2.41. The Kier molecular flexibility index (Phi) is 3.98. The number of carboxylic acid groups (broad SMARTS) is 1. The molecule has 104 valence electrons. The first kappa shape index (κ1) is 14.0. The fraction of sp³-hybridized carbons (Fsp3) is 0.133. The van der Waals surface area contributed by atoms with Crippen LogP contribution in [0.3, 0.4) is 0 Å². The summed E-state index contributed by atoms with van der Waals surface area (Å²) in [7, 11) is 0. The van der Waals surface area contributed by atoms with Gasteiger partial charge in [-0.05, 0) is 42.8 Å². The van der Waals surface area contributed by atoms with Crippen molar-refractivity contribution in [3.63, 3.8) is 0 Å². The van der Waals surface area contributed by atoms with Gasteiger partial charge in [-0.3, -0.25) is 0 Å². The third kappa shape index (κ3) is 3.12. The molecule has 5 heteroatoms. The average molecular weight is 277 g/mol. The first-order valence-corrected chi connectivity index (χ1v) is 6.02. The van der Waals surface area contributed by atoms with E-state index in [1.54, 1.807) is 12.1 Å². The Bertz CT molecular complexity index is 626. The van der Waals surface area contributed by atoms with Crippen molar-refractivity contribution in [3.8, 4) is 0 Å². The van der Waals surface area contributed by atoms with Crippen molar-refractivity contribution >= 4 is 11.7 Å². The number of carboxylic acids is 1. The summed E-state index contributed by atoms with van der Waals surface area (Å²) in [4.78, 5) is 10.9. The molecule has 0 amide bonds. The molecule has 2 N–H and O–H groups in total. The Balaban J connectivity index is 2.19. The first-order valence-electron chi connectivity index (χ1n) is 6.02. The van der Waals surface area contributed by atoms with Crippen LogP contribution in [0.5, 0.6) is 0 Å². The summed E-state index contributed by atoms with van der Waals surface area (Å²) >= 11 is 0. The van der Waals surface area contributed by atoms with Crippen molar-refractivity contribution in [2.75, 3.05) is 5.32 Å². The summed E-state index contributed by atoms with van der Waals surface area (Å²) in [6.07, 6.45) is 0. The van der Waals surface area contributed by atoms with Crippen molar-refractivity contribution in [3.05, 3.63) is 65.2 Å².